The number of nitrogens with zero attached hydrogens (tertiary/aromatic N) is 1. The molecule has 3 atom stereocenters. The van der Waals surface area contributed by atoms with E-state index in [0.717, 1.165) is 5.56 Å². The van der Waals surface area contributed by atoms with Gasteiger partial charge in [0.15, 0.2) is 11.2 Å². The summed E-state index contributed by atoms with van der Waals surface area (Å²) in [6, 6.07) is 20.2. The van der Waals surface area contributed by atoms with E-state index in [1.54, 1.807) is 52.6 Å². The molecule has 0 spiro atoms. The molecule has 3 aromatic rings. The number of fused-ring (bicyclic) bond motifs is 3. The molecule has 38 heavy (non-hydrogen) atoms. The molecule has 0 unspecified atom stereocenters. The summed E-state index contributed by atoms with van der Waals surface area (Å²) in [6.45, 7) is 0. The monoisotopic (exact) mass is 517 g/mol. The molecule has 1 N–H and O–H groups in total. The highest BCUT2D eigenvalue weighted by atomic mass is 16.6. The van der Waals surface area contributed by atoms with Crippen molar-refractivity contribution in [2.24, 2.45) is 0 Å². The Morgan fingerprint density at radius 3 is 2.08 bits per heavy atom. The zero-order valence-corrected chi connectivity index (χ0v) is 22.3. The summed E-state index contributed by atoms with van der Waals surface area (Å²) < 4.78 is 29.5. The van der Waals surface area contributed by atoms with E-state index in [0.29, 0.717) is 39.7 Å². The largest absolute Gasteiger partial charge is 0.497 e. The van der Waals surface area contributed by atoms with Gasteiger partial charge in [-0.05, 0) is 17.7 Å². The third kappa shape index (κ3) is 3.29. The molecule has 1 aliphatic heterocycles. The van der Waals surface area contributed by atoms with Crippen molar-refractivity contribution in [3.05, 3.63) is 94.8 Å². The maximum atomic E-state index is 13.9. The van der Waals surface area contributed by atoms with Crippen molar-refractivity contribution >= 4 is 5.91 Å². The number of likely N-dealkylation sites (N-methyl/N-ethyl adjacent to an activating group) is 1. The molecule has 1 amide bonds. The summed E-state index contributed by atoms with van der Waals surface area (Å²) in [5.41, 5.74) is -1.41. The lowest BCUT2D eigenvalue weighted by Crippen LogP contribution is -2.50. The number of rotatable bonds is 7. The second-order valence-electron chi connectivity index (χ2n) is 9.47. The lowest BCUT2D eigenvalue weighted by atomic mass is 9.69. The van der Waals surface area contributed by atoms with Gasteiger partial charge in [0.05, 0.1) is 45.5 Å². The first-order valence-corrected chi connectivity index (χ1v) is 12.2. The topological polar surface area (TPSA) is 86.7 Å². The van der Waals surface area contributed by atoms with Gasteiger partial charge in [-0.25, -0.2) is 0 Å². The van der Waals surface area contributed by atoms with Crippen LogP contribution >= 0.6 is 0 Å². The molecular formula is C30H31NO7. The number of carbonyl (C=O) groups is 1. The number of ether oxygens (including phenoxy) is 5. The van der Waals surface area contributed by atoms with Gasteiger partial charge in [0.25, 0.3) is 5.91 Å². The van der Waals surface area contributed by atoms with Gasteiger partial charge in [-0.15, -0.1) is 0 Å². The lowest BCUT2D eigenvalue weighted by Gasteiger charge is -2.41. The summed E-state index contributed by atoms with van der Waals surface area (Å²) in [4.78, 5) is 15.3. The minimum atomic E-state index is -1.94. The van der Waals surface area contributed by atoms with Crippen molar-refractivity contribution in [3.63, 3.8) is 0 Å². The number of aliphatic hydroxyl groups is 1. The van der Waals surface area contributed by atoms with Gasteiger partial charge in [-0.2, -0.15) is 0 Å². The molecule has 2 aliphatic rings. The van der Waals surface area contributed by atoms with Gasteiger partial charge in [0.2, 0.25) is 0 Å². The summed E-state index contributed by atoms with van der Waals surface area (Å²) in [6.07, 6.45) is 0. The fraction of sp³-hybridized carbons (Fsp3) is 0.300. The average Bonchev–Trinajstić information content (AvgIpc) is 3.34. The van der Waals surface area contributed by atoms with Crippen LogP contribution in [-0.4, -0.2) is 58.4 Å². The Morgan fingerprint density at radius 1 is 0.868 bits per heavy atom. The quantitative estimate of drug-likeness (QED) is 0.508. The van der Waals surface area contributed by atoms with Gasteiger partial charge in [0, 0.05) is 31.8 Å². The van der Waals surface area contributed by atoms with Crippen LogP contribution in [0.2, 0.25) is 0 Å². The van der Waals surface area contributed by atoms with Crippen LogP contribution in [0.3, 0.4) is 0 Å². The lowest BCUT2D eigenvalue weighted by molar-refractivity contribution is -0.126. The van der Waals surface area contributed by atoms with Crippen LogP contribution in [-0.2, 0) is 20.7 Å². The summed E-state index contributed by atoms with van der Waals surface area (Å²) in [7, 11) is 9.44. The zero-order valence-electron chi connectivity index (χ0n) is 22.3. The third-order valence-corrected chi connectivity index (χ3v) is 7.43. The van der Waals surface area contributed by atoms with E-state index in [4.69, 9.17) is 23.7 Å². The Bertz CT molecular complexity index is 1400. The van der Waals surface area contributed by atoms with Crippen molar-refractivity contribution in [3.8, 4) is 23.0 Å². The molecule has 0 radical (unpaired) electrons. The average molecular weight is 518 g/mol. The first kappa shape index (κ1) is 25.5. The molecule has 0 saturated heterocycles. The number of carbonyl (C=O) groups excluding carboxylic acids is 1. The molecular weight excluding hydrogens is 486 g/mol. The van der Waals surface area contributed by atoms with E-state index in [1.807, 2.05) is 42.5 Å². The Balaban J connectivity index is 1.94. The molecule has 1 heterocycles. The zero-order chi connectivity index (χ0) is 27.2. The SMILES string of the molecule is COC1=C(C(=O)N(C)C)[C@@H](c2ccccc2)[C@]2(c3ccc(OC)cc3)Oc3cc(OC)cc(OC)c3[C@]12O. The van der Waals surface area contributed by atoms with Crippen LogP contribution in [0.15, 0.2) is 78.1 Å². The summed E-state index contributed by atoms with van der Waals surface area (Å²) in [5.74, 6) is 0.894. The number of amides is 1. The van der Waals surface area contributed by atoms with Crippen LogP contribution < -0.4 is 18.9 Å². The van der Waals surface area contributed by atoms with E-state index in [-0.39, 0.29) is 11.7 Å². The highest BCUT2D eigenvalue weighted by Gasteiger charge is 2.75. The van der Waals surface area contributed by atoms with Crippen molar-refractivity contribution in [2.45, 2.75) is 17.1 Å². The normalized spacial score (nSPS) is 23.3. The van der Waals surface area contributed by atoms with Crippen LogP contribution in [0.1, 0.15) is 22.6 Å². The van der Waals surface area contributed by atoms with Gasteiger partial charge in [0.1, 0.15) is 28.8 Å². The van der Waals surface area contributed by atoms with E-state index in [2.05, 4.69) is 0 Å². The second kappa shape index (κ2) is 9.29. The Morgan fingerprint density at radius 2 is 1.53 bits per heavy atom. The minimum Gasteiger partial charge on any atom is -0.497 e. The highest BCUT2D eigenvalue weighted by molar-refractivity contribution is 5.98. The molecule has 8 nitrogen and oxygen atoms in total. The van der Waals surface area contributed by atoms with Gasteiger partial charge >= 0.3 is 0 Å². The van der Waals surface area contributed by atoms with Crippen molar-refractivity contribution in [1.29, 1.82) is 0 Å². The summed E-state index contributed by atoms with van der Waals surface area (Å²) in [5, 5.41) is 13.1. The molecule has 0 bridgehead atoms. The molecule has 0 fully saturated rings. The molecule has 0 aromatic heterocycles. The molecule has 198 valence electrons. The molecule has 1 aliphatic carbocycles. The van der Waals surface area contributed by atoms with Crippen LogP contribution in [0.25, 0.3) is 0 Å². The highest BCUT2D eigenvalue weighted by Crippen LogP contribution is 2.70. The Labute approximate surface area is 222 Å². The second-order valence-corrected chi connectivity index (χ2v) is 9.47. The fourth-order valence-electron chi connectivity index (χ4n) is 5.83. The maximum absolute atomic E-state index is 13.9. The predicted octanol–water partition coefficient (Wildman–Crippen LogP) is 3.97. The van der Waals surface area contributed by atoms with Crippen LogP contribution in [0.4, 0.5) is 0 Å². The van der Waals surface area contributed by atoms with Crippen molar-refractivity contribution in [2.75, 3.05) is 42.5 Å². The van der Waals surface area contributed by atoms with Crippen molar-refractivity contribution < 1.29 is 33.6 Å². The van der Waals surface area contributed by atoms with E-state index in [1.165, 1.54) is 19.1 Å². The smallest absolute Gasteiger partial charge is 0.253 e. The number of hydrogen-bond donors (Lipinski definition) is 1. The van der Waals surface area contributed by atoms with Crippen LogP contribution in [0.5, 0.6) is 23.0 Å². The standard InChI is InChI=1S/C30H31NO7/c1-31(2)28(32)24-25(18-10-8-7-9-11-18)30(19-12-14-20(34-3)15-13-19)29(33,27(24)37-6)26-22(36-5)16-21(35-4)17-23(26)38-30/h7-17,25,33H,1-6H3/t25-,29+,30+/m1/s1. The number of benzene rings is 3. The van der Waals surface area contributed by atoms with E-state index in [9.17, 15) is 9.90 Å². The maximum Gasteiger partial charge on any atom is 0.253 e. The fourth-order valence-corrected chi connectivity index (χ4v) is 5.83. The van der Waals surface area contributed by atoms with Gasteiger partial charge < -0.3 is 33.7 Å². The number of methoxy groups -OCH3 is 4. The number of hydrogen-bond acceptors (Lipinski definition) is 7. The Kier molecular flexibility index (Phi) is 6.23. The van der Waals surface area contributed by atoms with Gasteiger partial charge in [-0.3, -0.25) is 4.79 Å². The minimum absolute atomic E-state index is 0.100. The molecule has 5 rings (SSSR count). The molecule has 3 aromatic carbocycles. The van der Waals surface area contributed by atoms with Crippen molar-refractivity contribution in [1.82, 2.24) is 4.90 Å². The first-order chi connectivity index (χ1) is 18.3. The Hall–Kier alpha value is -4.17. The van der Waals surface area contributed by atoms with Crippen LogP contribution in [0, 0.1) is 0 Å². The third-order valence-electron chi connectivity index (χ3n) is 7.43. The predicted molar refractivity (Wildman–Crippen MR) is 141 cm³/mol. The molecule has 8 heteroatoms. The first-order valence-electron chi connectivity index (χ1n) is 12.2. The molecule has 0 saturated carbocycles. The summed E-state index contributed by atoms with van der Waals surface area (Å²) >= 11 is 0. The van der Waals surface area contributed by atoms with E-state index >= 15 is 0 Å². The van der Waals surface area contributed by atoms with Gasteiger partial charge in [-0.1, -0.05) is 42.5 Å². The van der Waals surface area contributed by atoms with E-state index < -0.39 is 17.1 Å².